The van der Waals surface area contributed by atoms with E-state index >= 15 is 0 Å². The van der Waals surface area contributed by atoms with E-state index in [1.807, 2.05) is 0 Å². The molecule has 0 amide bonds. The van der Waals surface area contributed by atoms with Crippen LogP contribution in [0.4, 0.5) is 0 Å². The number of hydrogen-bond acceptors (Lipinski definition) is 1. The van der Waals surface area contributed by atoms with E-state index in [1.54, 1.807) is 0 Å². The third-order valence-corrected chi connectivity index (χ3v) is 0. The molecule has 44 valence electrons. The standard InChI is InChI=1S/Lu.2H2O.O.H3P/h;2*1H2;;1H3/q+3;;;-2;/p-1. The van der Waals surface area contributed by atoms with E-state index in [-0.39, 0.29) is 63.2 Å². The van der Waals surface area contributed by atoms with Gasteiger partial charge in [0.05, 0.1) is 0 Å². The number of hydrogen-bond donors (Lipinski definition) is 0. The molecule has 0 heterocycles. The van der Waals surface area contributed by atoms with Gasteiger partial charge in [-0.3, -0.25) is 0 Å². The molecule has 0 radical (unpaired) electrons. The smallest absolute Gasteiger partial charge is 2.00 e. The zero-order chi connectivity index (χ0) is 0. The maximum absolute atomic E-state index is 0. The predicted molar refractivity (Wildman–Crippen MR) is 17.3 cm³/mol. The largest absolute Gasteiger partial charge is 3.00 e. The first-order valence-electron chi connectivity index (χ1n) is 0. The van der Waals surface area contributed by atoms with Crippen molar-refractivity contribution in [2.45, 2.75) is 0 Å². The summed E-state index contributed by atoms with van der Waals surface area (Å²) in [6.07, 6.45) is 0. The van der Waals surface area contributed by atoms with E-state index in [9.17, 15) is 0 Å². The van der Waals surface area contributed by atoms with E-state index < -0.39 is 0 Å². The Labute approximate surface area is 62.9 Å². The topological polar surface area (TPSA) is 90.0 Å². The molecule has 0 fully saturated rings. The van der Waals surface area contributed by atoms with Crippen molar-refractivity contribution in [2.24, 2.45) is 0 Å². The molecule has 0 aromatic rings. The molecule has 1 unspecified atom stereocenters. The molecule has 0 aliphatic rings. The van der Waals surface area contributed by atoms with Crippen LogP contribution < -0.4 is 0 Å². The maximum atomic E-state index is 0. The zero-order valence-corrected chi connectivity index (χ0v) is 5.39. The summed E-state index contributed by atoms with van der Waals surface area (Å²) in [6, 6.07) is 0. The van der Waals surface area contributed by atoms with Gasteiger partial charge in [-0.05, 0) is 0 Å². The summed E-state index contributed by atoms with van der Waals surface area (Å²) in [5.41, 5.74) is 0. The van der Waals surface area contributed by atoms with E-state index in [1.165, 1.54) is 0 Å². The molecule has 5 heteroatoms. The van der Waals surface area contributed by atoms with Crippen molar-refractivity contribution in [3.05, 3.63) is 0 Å². The third kappa shape index (κ3) is 29.2. The molecule has 0 saturated carbocycles. The summed E-state index contributed by atoms with van der Waals surface area (Å²) in [7, 11) is 0. The Balaban J connectivity index is 0. The van der Waals surface area contributed by atoms with E-state index in [2.05, 4.69) is 0 Å². The Morgan fingerprint density at radius 2 is 1.00 bits per heavy atom. The molecule has 3 nitrogen and oxygen atoms in total. The Kier molecular flexibility index (Phi) is 811. The molecule has 0 aliphatic carbocycles. The molecule has 0 aliphatic heterocycles. The van der Waals surface area contributed by atoms with Gasteiger partial charge in [0.1, 0.15) is 0 Å². The van der Waals surface area contributed by atoms with Gasteiger partial charge in [-0.25, -0.2) is 0 Å². The SMILES string of the molecule is O.P.[Lu+3].[O-2].[OH-]. The molecule has 0 bridgehead atoms. The minimum absolute atomic E-state index is 0. The van der Waals surface area contributed by atoms with Crippen LogP contribution in [0, 0.1) is 36.9 Å². The van der Waals surface area contributed by atoms with E-state index in [4.69, 9.17) is 0 Å². The third-order valence-electron chi connectivity index (χ3n) is 0. The normalized spacial score (nSPS) is 0. The van der Waals surface area contributed by atoms with Crippen molar-refractivity contribution in [2.75, 3.05) is 0 Å². The summed E-state index contributed by atoms with van der Waals surface area (Å²) in [5.74, 6) is 0. The van der Waals surface area contributed by atoms with E-state index in [0.717, 1.165) is 0 Å². The first kappa shape index (κ1) is 84.4. The summed E-state index contributed by atoms with van der Waals surface area (Å²) in [5, 5.41) is 0. The van der Waals surface area contributed by atoms with Crippen LogP contribution in [0.15, 0.2) is 0 Å². The van der Waals surface area contributed by atoms with Gasteiger partial charge in [0.2, 0.25) is 0 Å². The molecule has 3 N–H and O–H groups in total. The fraction of sp³-hybridized carbons (Fsp3) is 0. The van der Waals surface area contributed by atoms with Crippen molar-refractivity contribution in [1.29, 1.82) is 0 Å². The van der Waals surface area contributed by atoms with Crippen molar-refractivity contribution in [1.82, 2.24) is 0 Å². The van der Waals surface area contributed by atoms with Crippen LogP contribution in [-0.4, -0.2) is 11.0 Å². The second kappa shape index (κ2) is 48.0. The van der Waals surface area contributed by atoms with Crippen molar-refractivity contribution >= 4 is 9.90 Å². The van der Waals surface area contributed by atoms with Gasteiger partial charge in [0.15, 0.2) is 0 Å². The molecular weight excluding hydrogens is 254 g/mol. The van der Waals surface area contributed by atoms with Crippen LogP contribution in [0.5, 0.6) is 0 Å². The Hall–Kier alpha value is 1.54. The molecule has 1 atom stereocenters. The summed E-state index contributed by atoms with van der Waals surface area (Å²) < 4.78 is 0. The minimum atomic E-state index is 0. The van der Waals surface area contributed by atoms with Gasteiger partial charge >= 0.3 is 36.9 Å². The van der Waals surface area contributed by atoms with Gasteiger partial charge in [-0.1, -0.05) is 0 Å². The quantitative estimate of drug-likeness (QED) is 0.510. The molecule has 0 aromatic carbocycles. The van der Waals surface area contributed by atoms with Crippen LogP contribution >= 0.6 is 9.90 Å². The zero-order valence-electron chi connectivity index (χ0n) is 2.32. The van der Waals surface area contributed by atoms with Crippen LogP contribution in [0.2, 0.25) is 0 Å². The van der Waals surface area contributed by atoms with Crippen LogP contribution in [0.1, 0.15) is 0 Å². The maximum Gasteiger partial charge on any atom is 3.00 e. The molecule has 0 saturated heterocycles. The van der Waals surface area contributed by atoms with Gasteiger partial charge < -0.3 is 16.4 Å². The fourth-order valence-corrected chi connectivity index (χ4v) is 0. The average Bonchev–Trinajstić information content (AvgIpc) is 0. The van der Waals surface area contributed by atoms with E-state index in [0.29, 0.717) is 0 Å². The van der Waals surface area contributed by atoms with Gasteiger partial charge in [-0.2, -0.15) is 9.90 Å². The van der Waals surface area contributed by atoms with Gasteiger partial charge in [0, 0.05) is 0 Å². The average molecular weight is 260 g/mol. The molecule has 0 aromatic heterocycles. The Morgan fingerprint density at radius 1 is 1.00 bits per heavy atom. The Morgan fingerprint density at radius 3 is 1.00 bits per heavy atom. The Bertz CT molecular complexity index is 6.85. The van der Waals surface area contributed by atoms with Crippen molar-refractivity contribution < 1.29 is 53.3 Å². The molecular formula is H6LuO3P. The molecule has 0 rings (SSSR count). The minimum Gasteiger partial charge on any atom is -2.00 e. The first-order valence-corrected chi connectivity index (χ1v) is 0. The van der Waals surface area contributed by atoms with Crippen LogP contribution in [0.3, 0.4) is 0 Å². The predicted octanol–water partition coefficient (Wildman–Crippen LogP) is -1.06. The summed E-state index contributed by atoms with van der Waals surface area (Å²) in [6.45, 7) is 0. The van der Waals surface area contributed by atoms with Crippen molar-refractivity contribution in [3.63, 3.8) is 0 Å². The second-order valence-electron chi connectivity index (χ2n) is 0. The second-order valence-corrected chi connectivity index (χ2v) is 0. The number of rotatable bonds is 0. The fourth-order valence-electron chi connectivity index (χ4n) is 0. The van der Waals surface area contributed by atoms with Crippen molar-refractivity contribution in [3.8, 4) is 0 Å². The summed E-state index contributed by atoms with van der Waals surface area (Å²) in [4.78, 5) is 0. The summed E-state index contributed by atoms with van der Waals surface area (Å²) >= 11 is 0. The van der Waals surface area contributed by atoms with Crippen LogP contribution in [-0.2, 0) is 5.48 Å². The monoisotopic (exact) mass is 260 g/mol. The van der Waals surface area contributed by atoms with Gasteiger partial charge in [0.25, 0.3) is 0 Å². The first-order chi connectivity index (χ1) is 0. The molecule has 5 heavy (non-hydrogen) atoms. The molecule has 0 spiro atoms. The van der Waals surface area contributed by atoms with Crippen LogP contribution in [0.25, 0.3) is 0 Å². The van der Waals surface area contributed by atoms with Gasteiger partial charge in [-0.15, -0.1) is 0 Å².